The third-order valence-electron chi connectivity index (χ3n) is 1.15. The number of rotatable bonds is 4. The van der Waals surface area contributed by atoms with Crippen molar-refractivity contribution in [2.24, 2.45) is 0 Å². The molecule has 0 rings (SSSR count). The zero-order valence-corrected chi connectivity index (χ0v) is 7.09. The van der Waals surface area contributed by atoms with E-state index in [1.807, 2.05) is 6.07 Å². The predicted octanol–water partition coefficient (Wildman–Crippen LogP) is 1.58. The fraction of sp³-hybridized carbons (Fsp3) is 0.333. The van der Waals surface area contributed by atoms with Crippen LogP contribution in [-0.4, -0.2) is 12.6 Å². The van der Waals surface area contributed by atoms with Crippen molar-refractivity contribution in [3.05, 3.63) is 24.3 Å². The Bertz CT molecular complexity index is 248. The molecule has 0 aliphatic rings. The fourth-order valence-electron chi connectivity index (χ4n) is 0.602. The van der Waals surface area contributed by atoms with Crippen molar-refractivity contribution >= 4 is 5.97 Å². The highest BCUT2D eigenvalue weighted by molar-refractivity contribution is 5.88. The first-order valence-corrected chi connectivity index (χ1v) is 3.54. The standard InChI is InChI=1S/C9H11NO2/c1-4-12-9(11)8(3)5-7(2)6-10/h2-5H2,1H3. The van der Waals surface area contributed by atoms with Crippen molar-refractivity contribution < 1.29 is 9.53 Å². The summed E-state index contributed by atoms with van der Waals surface area (Å²) in [5, 5.41) is 8.35. The largest absolute Gasteiger partial charge is 0.463 e. The Kier molecular flexibility index (Phi) is 4.47. The van der Waals surface area contributed by atoms with Gasteiger partial charge < -0.3 is 4.74 Å². The molecular weight excluding hydrogens is 154 g/mol. The van der Waals surface area contributed by atoms with Crippen LogP contribution in [0.2, 0.25) is 0 Å². The van der Waals surface area contributed by atoms with E-state index in [0.717, 1.165) is 0 Å². The van der Waals surface area contributed by atoms with E-state index in [4.69, 9.17) is 5.26 Å². The van der Waals surface area contributed by atoms with Crippen molar-refractivity contribution in [3.8, 4) is 6.07 Å². The van der Waals surface area contributed by atoms with Crippen LogP contribution in [0.4, 0.5) is 0 Å². The maximum atomic E-state index is 10.9. The number of allylic oxidation sites excluding steroid dienone is 1. The van der Waals surface area contributed by atoms with Crippen LogP contribution < -0.4 is 0 Å². The van der Waals surface area contributed by atoms with Gasteiger partial charge in [0.25, 0.3) is 0 Å². The topological polar surface area (TPSA) is 50.1 Å². The zero-order chi connectivity index (χ0) is 9.56. The lowest BCUT2D eigenvalue weighted by atomic mass is 10.1. The first-order valence-electron chi connectivity index (χ1n) is 3.54. The molecule has 0 amide bonds. The average molecular weight is 165 g/mol. The number of nitriles is 1. The summed E-state index contributed by atoms with van der Waals surface area (Å²) in [7, 11) is 0. The van der Waals surface area contributed by atoms with Gasteiger partial charge in [0.15, 0.2) is 0 Å². The third-order valence-corrected chi connectivity index (χ3v) is 1.15. The summed E-state index contributed by atoms with van der Waals surface area (Å²) >= 11 is 0. The molecule has 0 saturated heterocycles. The van der Waals surface area contributed by atoms with Gasteiger partial charge in [-0.25, -0.2) is 4.79 Å². The minimum Gasteiger partial charge on any atom is -0.463 e. The number of carbonyl (C=O) groups excluding carboxylic acids is 1. The molecule has 0 atom stereocenters. The lowest BCUT2D eigenvalue weighted by Crippen LogP contribution is -2.06. The van der Waals surface area contributed by atoms with E-state index in [1.165, 1.54) is 0 Å². The summed E-state index contributed by atoms with van der Waals surface area (Å²) in [5.41, 5.74) is 0.580. The molecule has 0 unspecified atom stereocenters. The second-order valence-electron chi connectivity index (χ2n) is 2.22. The maximum absolute atomic E-state index is 10.9. The number of carbonyl (C=O) groups is 1. The van der Waals surface area contributed by atoms with E-state index < -0.39 is 5.97 Å². The van der Waals surface area contributed by atoms with Crippen LogP contribution in [0.5, 0.6) is 0 Å². The molecule has 0 spiro atoms. The number of ether oxygens (including phenoxy) is 1. The van der Waals surface area contributed by atoms with E-state index in [0.29, 0.717) is 12.2 Å². The van der Waals surface area contributed by atoms with Crippen molar-refractivity contribution in [3.63, 3.8) is 0 Å². The van der Waals surface area contributed by atoms with Crippen molar-refractivity contribution in [1.82, 2.24) is 0 Å². The Morgan fingerprint density at radius 1 is 1.58 bits per heavy atom. The summed E-state index contributed by atoms with van der Waals surface area (Å²) < 4.78 is 4.66. The van der Waals surface area contributed by atoms with Gasteiger partial charge >= 0.3 is 5.97 Å². The Labute approximate surface area is 71.9 Å². The number of hydrogen-bond donors (Lipinski definition) is 0. The molecular formula is C9H11NO2. The summed E-state index contributed by atoms with van der Waals surface area (Å²) in [5.74, 6) is -0.464. The normalized spacial score (nSPS) is 8.33. The average Bonchev–Trinajstić information content (AvgIpc) is 2.04. The summed E-state index contributed by atoms with van der Waals surface area (Å²) in [4.78, 5) is 10.9. The van der Waals surface area contributed by atoms with Crippen LogP contribution in [0.1, 0.15) is 13.3 Å². The van der Waals surface area contributed by atoms with Gasteiger partial charge in [-0.3, -0.25) is 0 Å². The monoisotopic (exact) mass is 165 g/mol. The smallest absolute Gasteiger partial charge is 0.333 e. The zero-order valence-electron chi connectivity index (χ0n) is 7.09. The molecule has 0 aliphatic carbocycles. The van der Waals surface area contributed by atoms with Gasteiger partial charge in [0, 0.05) is 17.6 Å². The van der Waals surface area contributed by atoms with Gasteiger partial charge in [-0.2, -0.15) is 5.26 Å². The molecule has 0 radical (unpaired) electrons. The summed E-state index contributed by atoms with van der Waals surface area (Å²) in [6.45, 7) is 8.93. The minimum atomic E-state index is -0.464. The molecule has 0 aliphatic heterocycles. The minimum absolute atomic E-state index is 0.190. The van der Waals surface area contributed by atoms with Crippen LogP contribution in [0.15, 0.2) is 24.3 Å². The van der Waals surface area contributed by atoms with Gasteiger partial charge in [-0.05, 0) is 6.92 Å². The Morgan fingerprint density at radius 2 is 2.17 bits per heavy atom. The molecule has 0 fully saturated rings. The molecule has 12 heavy (non-hydrogen) atoms. The van der Waals surface area contributed by atoms with Crippen molar-refractivity contribution in [1.29, 1.82) is 5.26 Å². The molecule has 0 heterocycles. The highest BCUT2D eigenvalue weighted by atomic mass is 16.5. The molecule has 64 valence electrons. The van der Waals surface area contributed by atoms with Crippen LogP contribution >= 0.6 is 0 Å². The Hall–Kier alpha value is -1.56. The van der Waals surface area contributed by atoms with Crippen molar-refractivity contribution in [2.75, 3.05) is 6.61 Å². The maximum Gasteiger partial charge on any atom is 0.333 e. The predicted molar refractivity (Wildman–Crippen MR) is 45.1 cm³/mol. The molecule has 0 aromatic heterocycles. The highest BCUT2D eigenvalue weighted by Gasteiger charge is 2.08. The number of esters is 1. The molecule has 3 nitrogen and oxygen atoms in total. The quantitative estimate of drug-likeness (QED) is 0.361. The molecule has 3 heteroatoms. The summed E-state index contributed by atoms with van der Waals surface area (Å²) in [6, 6.07) is 1.83. The first kappa shape index (κ1) is 10.4. The third kappa shape index (κ3) is 3.57. The van der Waals surface area contributed by atoms with E-state index in [-0.39, 0.29) is 12.0 Å². The van der Waals surface area contributed by atoms with E-state index in [9.17, 15) is 4.79 Å². The van der Waals surface area contributed by atoms with Gasteiger partial charge in [-0.1, -0.05) is 13.2 Å². The molecule has 0 aromatic rings. The number of nitrogens with zero attached hydrogens (tertiary/aromatic N) is 1. The second-order valence-corrected chi connectivity index (χ2v) is 2.22. The van der Waals surface area contributed by atoms with E-state index >= 15 is 0 Å². The Balaban J connectivity index is 3.98. The Morgan fingerprint density at radius 3 is 2.58 bits per heavy atom. The fourth-order valence-corrected chi connectivity index (χ4v) is 0.602. The van der Waals surface area contributed by atoms with Gasteiger partial charge in [0.05, 0.1) is 12.7 Å². The van der Waals surface area contributed by atoms with E-state index in [2.05, 4.69) is 17.9 Å². The first-order chi connectivity index (χ1) is 5.61. The SMILES string of the molecule is C=C(C#N)CC(=C)C(=O)OCC. The van der Waals surface area contributed by atoms with Gasteiger partial charge in [0.1, 0.15) is 0 Å². The van der Waals surface area contributed by atoms with Crippen LogP contribution in [0.3, 0.4) is 0 Å². The van der Waals surface area contributed by atoms with Crippen LogP contribution in [0.25, 0.3) is 0 Å². The van der Waals surface area contributed by atoms with Crippen molar-refractivity contribution in [2.45, 2.75) is 13.3 Å². The molecule has 0 saturated carbocycles. The highest BCUT2D eigenvalue weighted by Crippen LogP contribution is 2.07. The number of hydrogen-bond acceptors (Lipinski definition) is 3. The second kappa shape index (κ2) is 5.14. The van der Waals surface area contributed by atoms with Crippen LogP contribution in [0, 0.1) is 11.3 Å². The van der Waals surface area contributed by atoms with Gasteiger partial charge in [0.2, 0.25) is 0 Å². The molecule has 0 aromatic carbocycles. The van der Waals surface area contributed by atoms with Crippen LogP contribution in [-0.2, 0) is 9.53 Å². The van der Waals surface area contributed by atoms with Gasteiger partial charge in [-0.15, -0.1) is 0 Å². The summed E-state index contributed by atoms with van der Waals surface area (Å²) in [6.07, 6.45) is 0.190. The molecule has 0 bridgehead atoms. The van der Waals surface area contributed by atoms with E-state index in [1.54, 1.807) is 6.92 Å². The lowest BCUT2D eigenvalue weighted by molar-refractivity contribution is -0.138. The lowest BCUT2D eigenvalue weighted by Gasteiger charge is -2.02. The molecule has 0 N–H and O–H groups in total.